The van der Waals surface area contributed by atoms with Gasteiger partial charge in [-0.05, 0) is 35.8 Å². The van der Waals surface area contributed by atoms with Gasteiger partial charge in [0.25, 0.3) is 0 Å². The second-order valence-corrected chi connectivity index (χ2v) is 12.4. The standard InChI is InChI=1S/C18H28N2O3Si/c1-18(2,3)24(5,6)23-12-13(11-21)14-9-10-19-15-7-8-16(22-4)20-17(14)15/h7-10,13,21H,11-12H2,1-6H3. The number of nitrogens with zero attached hydrogens (tertiary/aromatic N) is 2. The first kappa shape index (κ1) is 18.8. The fraction of sp³-hybridized carbons (Fsp3) is 0.556. The van der Waals surface area contributed by atoms with E-state index in [1.54, 1.807) is 19.4 Å². The molecule has 2 rings (SSSR count). The molecule has 2 aromatic rings. The molecule has 5 nitrogen and oxygen atoms in total. The van der Waals surface area contributed by atoms with Crippen LogP contribution in [-0.4, -0.2) is 43.7 Å². The highest BCUT2D eigenvalue weighted by Gasteiger charge is 2.37. The molecule has 0 aliphatic heterocycles. The number of aromatic nitrogens is 2. The van der Waals surface area contributed by atoms with Gasteiger partial charge in [0.1, 0.15) is 0 Å². The molecule has 0 aromatic carbocycles. The number of ether oxygens (including phenoxy) is 1. The second-order valence-electron chi connectivity index (χ2n) is 7.57. The molecule has 0 saturated carbocycles. The summed E-state index contributed by atoms with van der Waals surface area (Å²) < 4.78 is 11.5. The second kappa shape index (κ2) is 7.17. The molecule has 1 N–H and O–H groups in total. The van der Waals surface area contributed by atoms with Crippen molar-refractivity contribution in [2.45, 2.75) is 44.8 Å². The average Bonchev–Trinajstić information content (AvgIpc) is 2.54. The highest BCUT2D eigenvalue weighted by molar-refractivity contribution is 6.74. The zero-order valence-corrected chi connectivity index (χ0v) is 16.5. The molecule has 0 aliphatic rings. The van der Waals surface area contributed by atoms with Gasteiger partial charge in [-0.3, -0.25) is 4.98 Å². The van der Waals surface area contributed by atoms with Crippen molar-refractivity contribution in [1.29, 1.82) is 0 Å². The molecule has 0 bridgehead atoms. The largest absolute Gasteiger partial charge is 0.481 e. The third kappa shape index (κ3) is 3.94. The first-order valence-corrected chi connectivity index (χ1v) is 11.1. The summed E-state index contributed by atoms with van der Waals surface area (Å²) in [6.45, 7) is 11.5. The Morgan fingerprint density at radius 2 is 1.92 bits per heavy atom. The Labute approximate surface area is 145 Å². The minimum Gasteiger partial charge on any atom is -0.481 e. The SMILES string of the molecule is COc1ccc2nccc(C(CO)CO[Si](C)(C)C(C)(C)C)c2n1. The molecule has 2 aromatic heterocycles. The summed E-state index contributed by atoms with van der Waals surface area (Å²) in [5, 5.41) is 10.1. The molecule has 2 heterocycles. The predicted octanol–water partition coefficient (Wildman–Crippen LogP) is 3.74. The van der Waals surface area contributed by atoms with Crippen molar-refractivity contribution < 1.29 is 14.3 Å². The van der Waals surface area contributed by atoms with Gasteiger partial charge in [0.2, 0.25) is 5.88 Å². The Bertz CT molecular complexity index is 698. The van der Waals surface area contributed by atoms with Crippen LogP contribution in [0.1, 0.15) is 32.3 Å². The van der Waals surface area contributed by atoms with E-state index in [0.29, 0.717) is 12.5 Å². The van der Waals surface area contributed by atoms with Gasteiger partial charge in [-0.2, -0.15) is 0 Å². The van der Waals surface area contributed by atoms with Crippen molar-refractivity contribution in [3.63, 3.8) is 0 Å². The number of aliphatic hydroxyl groups is 1. The van der Waals surface area contributed by atoms with E-state index in [1.807, 2.05) is 12.1 Å². The minimum absolute atomic E-state index is 0.00657. The zero-order valence-electron chi connectivity index (χ0n) is 15.5. The molecule has 0 spiro atoms. The summed E-state index contributed by atoms with van der Waals surface area (Å²) in [6.07, 6.45) is 1.75. The number of fused-ring (bicyclic) bond motifs is 1. The molecule has 0 aliphatic carbocycles. The number of rotatable bonds is 6. The van der Waals surface area contributed by atoms with Crippen LogP contribution in [0.15, 0.2) is 24.4 Å². The molecule has 1 unspecified atom stereocenters. The van der Waals surface area contributed by atoms with Crippen LogP contribution in [0.4, 0.5) is 0 Å². The highest BCUT2D eigenvalue weighted by Crippen LogP contribution is 2.37. The molecule has 132 valence electrons. The van der Waals surface area contributed by atoms with E-state index in [0.717, 1.165) is 16.6 Å². The molecular weight excluding hydrogens is 320 g/mol. The van der Waals surface area contributed by atoms with E-state index in [4.69, 9.17) is 9.16 Å². The van der Waals surface area contributed by atoms with Crippen molar-refractivity contribution >= 4 is 19.4 Å². The van der Waals surface area contributed by atoms with Crippen LogP contribution in [0.2, 0.25) is 18.1 Å². The lowest BCUT2D eigenvalue weighted by Gasteiger charge is -2.37. The first-order valence-electron chi connectivity index (χ1n) is 8.24. The van der Waals surface area contributed by atoms with Crippen LogP contribution < -0.4 is 4.74 Å². The van der Waals surface area contributed by atoms with Gasteiger partial charge in [0, 0.05) is 24.8 Å². The third-order valence-corrected chi connectivity index (χ3v) is 9.41. The maximum Gasteiger partial charge on any atom is 0.213 e. The fourth-order valence-electron chi connectivity index (χ4n) is 2.24. The van der Waals surface area contributed by atoms with Crippen molar-refractivity contribution in [3.05, 3.63) is 30.0 Å². The molecule has 0 amide bonds. The number of methoxy groups -OCH3 is 1. The third-order valence-electron chi connectivity index (χ3n) is 4.91. The Hall–Kier alpha value is -1.50. The lowest BCUT2D eigenvalue weighted by Crippen LogP contribution is -2.42. The summed E-state index contributed by atoms with van der Waals surface area (Å²) in [7, 11) is -0.282. The van der Waals surface area contributed by atoms with Gasteiger partial charge in [-0.1, -0.05) is 20.8 Å². The first-order chi connectivity index (χ1) is 11.2. The van der Waals surface area contributed by atoms with Crippen LogP contribution in [0.5, 0.6) is 5.88 Å². The lowest BCUT2D eigenvalue weighted by atomic mass is 10.0. The van der Waals surface area contributed by atoms with Crippen LogP contribution in [0.3, 0.4) is 0 Å². The maximum absolute atomic E-state index is 9.92. The quantitative estimate of drug-likeness (QED) is 0.806. The number of pyridine rings is 2. The van der Waals surface area contributed by atoms with E-state index in [1.165, 1.54) is 0 Å². The summed E-state index contributed by atoms with van der Waals surface area (Å²) in [6, 6.07) is 5.58. The van der Waals surface area contributed by atoms with Crippen molar-refractivity contribution in [2.75, 3.05) is 20.3 Å². The molecular formula is C18H28N2O3Si. The van der Waals surface area contributed by atoms with Gasteiger partial charge < -0.3 is 14.3 Å². The molecule has 6 heteroatoms. The van der Waals surface area contributed by atoms with Crippen LogP contribution >= 0.6 is 0 Å². The van der Waals surface area contributed by atoms with E-state index in [2.05, 4.69) is 43.8 Å². The van der Waals surface area contributed by atoms with Gasteiger partial charge in [0.05, 0.1) is 24.8 Å². The Morgan fingerprint density at radius 3 is 2.50 bits per heavy atom. The molecule has 0 saturated heterocycles. The predicted molar refractivity (Wildman–Crippen MR) is 99.1 cm³/mol. The monoisotopic (exact) mass is 348 g/mol. The normalized spacial score (nSPS) is 14.0. The summed E-state index contributed by atoms with van der Waals surface area (Å²) in [4.78, 5) is 8.87. The number of aliphatic hydroxyl groups excluding tert-OH is 1. The maximum atomic E-state index is 9.92. The highest BCUT2D eigenvalue weighted by atomic mass is 28.4. The Balaban J connectivity index is 2.32. The topological polar surface area (TPSA) is 64.5 Å². The smallest absolute Gasteiger partial charge is 0.213 e. The number of hydrogen-bond donors (Lipinski definition) is 1. The van der Waals surface area contributed by atoms with Gasteiger partial charge in [0.15, 0.2) is 8.32 Å². The molecule has 24 heavy (non-hydrogen) atoms. The zero-order chi connectivity index (χ0) is 18.0. The van der Waals surface area contributed by atoms with Crippen LogP contribution in [0, 0.1) is 0 Å². The fourth-order valence-corrected chi connectivity index (χ4v) is 3.29. The molecule has 0 fully saturated rings. The Kier molecular flexibility index (Phi) is 5.62. The lowest BCUT2D eigenvalue weighted by molar-refractivity contribution is 0.195. The van der Waals surface area contributed by atoms with E-state index in [9.17, 15) is 5.11 Å². The van der Waals surface area contributed by atoms with Crippen LogP contribution in [-0.2, 0) is 4.43 Å². The molecule has 1 atom stereocenters. The van der Waals surface area contributed by atoms with Crippen molar-refractivity contribution in [2.24, 2.45) is 0 Å². The Morgan fingerprint density at radius 1 is 1.21 bits per heavy atom. The van der Waals surface area contributed by atoms with E-state index >= 15 is 0 Å². The summed E-state index contributed by atoms with van der Waals surface area (Å²) in [5.74, 6) is 0.406. The van der Waals surface area contributed by atoms with Gasteiger partial charge >= 0.3 is 0 Å². The van der Waals surface area contributed by atoms with Crippen LogP contribution in [0.25, 0.3) is 11.0 Å². The summed E-state index contributed by atoms with van der Waals surface area (Å²) in [5.41, 5.74) is 2.49. The van der Waals surface area contributed by atoms with E-state index in [-0.39, 0.29) is 17.6 Å². The van der Waals surface area contributed by atoms with Gasteiger partial charge in [-0.25, -0.2) is 4.98 Å². The average molecular weight is 349 g/mol. The van der Waals surface area contributed by atoms with E-state index < -0.39 is 8.32 Å². The number of hydrogen-bond acceptors (Lipinski definition) is 5. The summed E-state index contributed by atoms with van der Waals surface area (Å²) >= 11 is 0. The van der Waals surface area contributed by atoms with Crippen molar-refractivity contribution in [3.8, 4) is 5.88 Å². The van der Waals surface area contributed by atoms with Crippen molar-refractivity contribution in [1.82, 2.24) is 9.97 Å². The molecule has 0 radical (unpaired) electrons. The van der Waals surface area contributed by atoms with Gasteiger partial charge in [-0.15, -0.1) is 0 Å². The minimum atomic E-state index is -1.87.